The number of β-amino-alcohol motifs (C(OH)–C–C–N with tert-alkyl or cyclic N) is 1. The lowest BCUT2D eigenvalue weighted by Gasteiger charge is -2.42. The first-order valence-electron chi connectivity index (χ1n) is 31.2. The summed E-state index contributed by atoms with van der Waals surface area (Å²) in [6.07, 6.45) is 3.42. The topological polar surface area (TPSA) is 524 Å². The molecule has 504 valence electrons. The van der Waals surface area contributed by atoms with Gasteiger partial charge in [0.05, 0.1) is 25.3 Å². The number of fused-ring (bicyclic) bond motifs is 2. The van der Waals surface area contributed by atoms with Gasteiger partial charge in [0.2, 0.25) is 53.2 Å². The summed E-state index contributed by atoms with van der Waals surface area (Å²) < 4.78 is 0. The van der Waals surface area contributed by atoms with E-state index in [4.69, 9.17) is 40.1 Å². The number of aliphatic carboxylic acids is 1. The number of nitrogens with one attached hydrogen (secondary N) is 5. The average Bonchev–Trinajstić information content (AvgIpc) is 1.50. The van der Waals surface area contributed by atoms with Crippen LogP contribution in [-0.4, -0.2) is 224 Å². The zero-order chi connectivity index (χ0) is 66.8. The van der Waals surface area contributed by atoms with Crippen LogP contribution >= 0.6 is 11.3 Å². The van der Waals surface area contributed by atoms with Crippen LogP contribution in [0.3, 0.4) is 0 Å². The summed E-state index contributed by atoms with van der Waals surface area (Å²) in [4.78, 5) is 159. The number of aliphatic hydroxyl groups excluding tert-OH is 2. The van der Waals surface area contributed by atoms with Crippen molar-refractivity contribution < 1.29 is 63.3 Å². The van der Waals surface area contributed by atoms with Crippen LogP contribution < -0.4 is 66.7 Å². The highest BCUT2D eigenvalue weighted by molar-refractivity contribution is 7.09. The van der Waals surface area contributed by atoms with Gasteiger partial charge in [-0.2, -0.15) is 0 Å². The monoisotopic (exact) mass is 1300 g/mol. The number of carbonyl (C=O) groups is 10. The van der Waals surface area contributed by atoms with E-state index < -0.39 is 139 Å². The molecular weight excluding hydrogens is 1210 g/mol. The van der Waals surface area contributed by atoms with Gasteiger partial charge in [0, 0.05) is 69.4 Å². The molecule has 33 heteroatoms. The number of amides is 9. The number of thiophene rings is 1. The summed E-state index contributed by atoms with van der Waals surface area (Å²) in [6.45, 7) is -1.46. The van der Waals surface area contributed by atoms with Crippen LogP contribution in [0.25, 0.3) is 0 Å². The molecule has 0 bridgehead atoms. The molecule has 22 N–H and O–H groups in total. The first-order chi connectivity index (χ1) is 43.9. The Bertz CT molecular complexity index is 3050. The average molecular weight is 1300 g/mol. The number of hydrogen-bond donors (Lipinski definition) is 15. The second kappa shape index (κ2) is 33.6. The van der Waals surface area contributed by atoms with Crippen molar-refractivity contribution in [1.29, 1.82) is 0 Å². The maximum absolute atomic E-state index is 15.3. The first-order valence-corrected chi connectivity index (χ1v) is 32.1. The van der Waals surface area contributed by atoms with E-state index in [1.54, 1.807) is 35.7 Å². The molecule has 1 saturated carbocycles. The summed E-state index contributed by atoms with van der Waals surface area (Å²) in [5, 5.41) is 46.8. The van der Waals surface area contributed by atoms with E-state index in [0.717, 1.165) is 29.7 Å². The number of rotatable bonds is 30. The van der Waals surface area contributed by atoms with Crippen LogP contribution in [-0.2, 0) is 67.3 Å². The Morgan fingerprint density at radius 3 is 1.89 bits per heavy atom. The first kappa shape index (κ1) is 70.8. The van der Waals surface area contributed by atoms with Crippen molar-refractivity contribution in [2.75, 3.05) is 45.9 Å². The summed E-state index contributed by atoms with van der Waals surface area (Å²) in [6, 6.07) is -1.07. The third-order valence-electron chi connectivity index (χ3n) is 17.4. The third-order valence-corrected chi connectivity index (χ3v) is 18.3. The second-order valence-corrected chi connectivity index (χ2v) is 25.0. The Kier molecular flexibility index (Phi) is 25.8. The number of aliphatic hydroxyl groups is 2. The lowest BCUT2D eigenvalue weighted by Crippen LogP contribution is -2.63. The molecule has 5 aliphatic rings. The van der Waals surface area contributed by atoms with Crippen LogP contribution in [0.15, 0.2) is 56.8 Å². The lowest BCUT2D eigenvalue weighted by atomic mass is 9.84. The fourth-order valence-corrected chi connectivity index (χ4v) is 13.6. The van der Waals surface area contributed by atoms with Gasteiger partial charge < -0.3 is 102 Å². The quantitative estimate of drug-likeness (QED) is 0.0198. The predicted molar refractivity (Wildman–Crippen MR) is 338 cm³/mol. The Morgan fingerprint density at radius 2 is 1.25 bits per heavy atom. The molecule has 7 rings (SSSR count). The molecule has 1 aromatic heterocycles. The van der Waals surface area contributed by atoms with Gasteiger partial charge in [-0.1, -0.05) is 43.2 Å². The number of nitrogens with zero attached hydrogens (tertiary/aromatic N) is 7. The normalized spacial score (nSPS) is 22.4. The Balaban J connectivity index is 1.02. The van der Waals surface area contributed by atoms with Crippen LogP contribution in [0.4, 0.5) is 0 Å². The molecule has 1 aliphatic carbocycles. The molecule has 5 heterocycles. The van der Waals surface area contributed by atoms with Crippen LogP contribution in [0.2, 0.25) is 0 Å². The van der Waals surface area contributed by atoms with E-state index in [9.17, 15) is 58.5 Å². The van der Waals surface area contributed by atoms with Gasteiger partial charge in [0.25, 0.3) is 0 Å². The minimum Gasteiger partial charge on any atom is -0.480 e. The Morgan fingerprint density at radius 1 is 0.620 bits per heavy atom. The van der Waals surface area contributed by atoms with Crippen molar-refractivity contribution in [3.63, 3.8) is 0 Å². The number of nitrogens with two attached hydrogens (primary N) is 7. The van der Waals surface area contributed by atoms with Gasteiger partial charge in [0.1, 0.15) is 48.3 Å². The molecule has 1 aromatic carbocycles. The van der Waals surface area contributed by atoms with Gasteiger partial charge in [0.15, 0.2) is 17.9 Å². The summed E-state index contributed by atoms with van der Waals surface area (Å²) in [7, 11) is 0. The van der Waals surface area contributed by atoms with E-state index in [2.05, 4.69) is 41.6 Å². The Hall–Kier alpha value is -8.69. The number of carboxylic acid groups (broad SMARTS) is 1. The molecular formula is C59H89N19O13S. The molecule has 12 atom stereocenters. The number of likely N-dealkylation sites (tertiary alicyclic amines) is 3. The van der Waals surface area contributed by atoms with E-state index in [1.807, 2.05) is 6.07 Å². The highest BCUT2D eigenvalue weighted by atomic mass is 32.1. The standard InChI is InChI=1S/C59H89N19O13S/c60-37(14-5-19-67-57(61)62)48(82)72-38(15-6-20-68-58(63)64)52(86)75-22-8-18-43(75)54(88)77-30-35(80)26-44(77)50(84)70-28-47(81)71-40(27-36-13-9-23-92-36)49(83)74-41(31-79)53(87)76-29-34-12-2-1-10-32(34)24-46(76)55(89)78-42-17-4-3-11-33(42)25-45(78)51(85)73-39(56(90)91)16-7-21-69-59(65)66/h1-2,9-10,12-13,23,33,35,37-46,79-80H,3-8,11,14-22,24-31,60H2,(H,70,84)(H,71,81)(H,72,82)(H,73,85)(H,74,83)(H,90,91)(H4,61,62,67)(H4,63,64,68)(H4,65,66,69)/t33-,35+,37-,38+,39-,40-,41+,42-,43+,44-,45+,46+/m1/s1. The highest BCUT2D eigenvalue weighted by Gasteiger charge is 2.52. The molecule has 3 saturated heterocycles. The van der Waals surface area contributed by atoms with E-state index in [1.165, 1.54) is 26.0 Å². The van der Waals surface area contributed by atoms with Gasteiger partial charge in [-0.05, 0) is 99.1 Å². The molecule has 0 radical (unpaired) electrons. The zero-order valence-corrected chi connectivity index (χ0v) is 52.3. The van der Waals surface area contributed by atoms with Gasteiger partial charge in [-0.25, -0.2) is 4.79 Å². The van der Waals surface area contributed by atoms with Gasteiger partial charge >= 0.3 is 5.97 Å². The number of guanidine groups is 3. The SMILES string of the molecule is NC(N)=NCCC[C@@H](N)C(=O)N[C@@H](CCCN=C(N)N)C(=O)N1CCC[C@H]1C(=O)N1C[C@@H](O)C[C@@H]1C(=O)NCC(=O)N[C@H](Cc1cccs1)C(=O)N[C@@H](CO)C(=O)N1Cc2ccccc2C[C@H]1C(=O)N1[C@@H]2CCCC[C@@H]2C[C@H]1C(=O)N[C@H](CCCN=C(N)N)C(=O)O. The second-order valence-electron chi connectivity index (χ2n) is 23.9. The van der Waals surface area contributed by atoms with Crippen LogP contribution in [0, 0.1) is 5.92 Å². The van der Waals surface area contributed by atoms with Crippen molar-refractivity contribution in [2.24, 2.45) is 61.0 Å². The maximum atomic E-state index is 15.3. The van der Waals surface area contributed by atoms with Gasteiger partial charge in [-0.3, -0.25) is 58.1 Å². The van der Waals surface area contributed by atoms with E-state index >= 15 is 4.79 Å². The predicted octanol–water partition coefficient (Wildman–Crippen LogP) is -5.02. The fourth-order valence-electron chi connectivity index (χ4n) is 12.9. The molecule has 2 aromatic rings. The number of carbonyl (C=O) groups excluding carboxylic acids is 9. The molecule has 92 heavy (non-hydrogen) atoms. The van der Waals surface area contributed by atoms with Gasteiger partial charge in [-0.15, -0.1) is 11.3 Å². The number of carboxylic acids is 1. The molecule has 0 spiro atoms. The van der Waals surface area contributed by atoms with Crippen molar-refractivity contribution in [3.8, 4) is 0 Å². The lowest BCUT2D eigenvalue weighted by molar-refractivity contribution is -0.153. The van der Waals surface area contributed by atoms with Crippen LogP contribution in [0.1, 0.15) is 106 Å². The minimum atomic E-state index is -1.66. The van der Waals surface area contributed by atoms with Crippen molar-refractivity contribution >= 4 is 88.3 Å². The molecule has 0 unspecified atom stereocenters. The number of benzene rings is 1. The van der Waals surface area contributed by atoms with Crippen molar-refractivity contribution in [3.05, 3.63) is 57.8 Å². The molecule has 9 amide bonds. The Labute approximate surface area is 536 Å². The third kappa shape index (κ3) is 19.0. The minimum absolute atomic E-state index is 0.00000960. The summed E-state index contributed by atoms with van der Waals surface area (Å²) in [5.41, 5.74) is 40.3. The smallest absolute Gasteiger partial charge is 0.326 e. The zero-order valence-electron chi connectivity index (χ0n) is 51.4. The van der Waals surface area contributed by atoms with Crippen molar-refractivity contribution in [2.45, 2.75) is 176 Å². The fraction of sp³-hybridized carbons (Fsp3) is 0.610. The molecule has 32 nitrogen and oxygen atoms in total. The molecule has 4 fully saturated rings. The van der Waals surface area contributed by atoms with Crippen molar-refractivity contribution in [1.82, 2.24) is 46.2 Å². The largest absolute Gasteiger partial charge is 0.480 e. The highest BCUT2D eigenvalue weighted by Crippen LogP contribution is 2.41. The summed E-state index contributed by atoms with van der Waals surface area (Å²) in [5.74, 6) is -8.33. The number of hydrogen-bond acceptors (Lipinski definition) is 17. The van der Waals surface area contributed by atoms with E-state index in [-0.39, 0.29) is 127 Å². The summed E-state index contributed by atoms with van der Waals surface area (Å²) >= 11 is 1.27. The van der Waals surface area contributed by atoms with E-state index in [0.29, 0.717) is 29.7 Å². The number of aliphatic imine (C=N–C) groups is 3. The maximum Gasteiger partial charge on any atom is 0.326 e. The van der Waals surface area contributed by atoms with Crippen LogP contribution in [0.5, 0.6) is 0 Å². The molecule has 4 aliphatic heterocycles.